The average molecular weight is 181 g/mol. The molecule has 1 aliphatic heterocycles. The third kappa shape index (κ3) is 2.60. The van der Waals surface area contributed by atoms with Crippen LogP contribution in [0.4, 0.5) is 0 Å². The first kappa shape index (κ1) is 11.2. The molecule has 3 nitrogen and oxygen atoms in total. The van der Waals surface area contributed by atoms with E-state index in [0.717, 1.165) is 19.6 Å². The summed E-state index contributed by atoms with van der Waals surface area (Å²) < 4.78 is 0. The zero-order chi connectivity index (χ0) is 7.56. The summed E-state index contributed by atoms with van der Waals surface area (Å²) in [6.45, 7) is 4.77. The molecule has 0 aromatic heterocycles. The van der Waals surface area contributed by atoms with Gasteiger partial charge in [-0.2, -0.15) is 0 Å². The van der Waals surface area contributed by atoms with Crippen molar-refractivity contribution in [2.24, 2.45) is 0 Å². The summed E-state index contributed by atoms with van der Waals surface area (Å²) >= 11 is 0. The maximum absolute atomic E-state index is 9.39. The van der Waals surface area contributed by atoms with E-state index in [1.165, 1.54) is 0 Å². The highest BCUT2D eigenvalue weighted by molar-refractivity contribution is 5.85. The van der Waals surface area contributed by atoms with Crippen molar-refractivity contribution in [2.45, 2.75) is 19.1 Å². The van der Waals surface area contributed by atoms with E-state index in [0.29, 0.717) is 6.04 Å². The number of rotatable bonds is 2. The van der Waals surface area contributed by atoms with Gasteiger partial charge in [-0.3, -0.25) is 4.90 Å². The van der Waals surface area contributed by atoms with Gasteiger partial charge in [-0.25, -0.2) is 0 Å². The van der Waals surface area contributed by atoms with Gasteiger partial charge in [0.15, 0.2) is 0 Å². The van der Waals surface area contributed by atoms with E-state index in [9.17, 15) is 5.11 Å². The molecule has 0 aliphatic carbocycles. The molecule has 2 atom stereocenters. The van der Waals surface area contributed by atoms with Crippen LogP contribution in [0.25, 0.3) is 0 Å². The number of nitrogens with zero attached hydrogens (tertiary/aromatic N) is 1. The zero-order valence-electron chi connectivity index (χ0n) is 7.08. The van der Waals surface area contributed by atoms with Crippen LogP contribution in [0, 0.1) is 0 Å². The van der Waals surface area contributed by atoms with E-state index >= 15 is 0 Å². The number of hydrogen-bond donors (Lipinski definition) is 2. The van der Waals surface area contributed by atoms with Crippen molar-refractivity contribution in [3.63, 3.8) is 0 Å². The van der Waals surface area contributed by atoms with Gasteiger partial charge in [0.05, 0.1) is 6.10 Å². The van der Waals surface area contributed by atoms with Gasteiger partial charge in [-0.1, -0.05) is 6.92 Å². The van der Waals surface area contributed by atoms with Crippen LogP contribution in [0.15, 0.2) is 0 Å². The molecule has 1 saturated heterocycles. The fourth-order valence-electron chi connectivity index (χ4n) is 1.34. The number of β-amino-alcohol motifs (C(OH)–C–C–N with tert-alkyl or cyclic N) is 1. The van der Waals surface area contributed by atoms with Crippen LogP contribution < -0.4 is 5.32 Å². The van der Waals surface area contributed by atoms with Crippen LogP contribution >= 0.6 is 12.4 Å². The second kappa shape index (κ2) is 4.93. The lowest BCUT2D eigenvalue weighted by atomic mass is 10.2. The Morgan fingerprint density at radius 3 is 2.55 bits per heavy atom. The molecule has 1 aliphatic rings. The second-order valence-electron chi connectivity index (χ2n) is 2.87. The van der Waals surface area contributed by atoms with Crippen LogP contribution in [0.2, 0.25) is 0 Å². The molecular weight excluding hydrogens is 164 g/mol. The van der Waals surface area contributed by atoms with Gasteiger partial charge in [0.1, 0.15) is 0 Å². The van der Waals surface area contributed by atoms with Crippen molar-refractivity contribution >= 4 is 12.4 Å². The van der Waals surface area contributed by atoms with Crippen molar-refractivity contribution in [1.29, 1.82) is 0 Å². The second-order valence-corrected chi connectivity index (χ2v) is 2.87. The van der Waals surface area contributed by atoms with Crippen LogP contribution in [0.3, 0.4) is 0 Å². The van der Waals surface area contributed by atoms with Crippen molar-refractivity contribution in [2.75, 3.05) is 26.7 Å². The number of aliphatic hydroxyl groups is 1. The third-order valence-corrected chi connectivity index (χ3v) is 2.22. The molecule has 1 rings (SSSR count). The van der Waals surface area contributed by atoms with Crippen molar-refractivity contribution in [3.8, 4) is 0 Å². The predicted molar refractivity (Wildman–Crippen MR) is 48.2 cm³/mol. The molecular formula is C7H17ClN2O. The molecule has 4 heteroatoms. The van der Waals surface area contributed by atoms with E-state index in [-0.39, 0.29) is 18.5 Å². The number of aliphatic hydroxyl groups excluding tert-OH is 1. The predicted octanol–water partition coefficient (Wildman–Crippen LogP) is -0.307. The molecule has 1 heterocycles. The molecule has 0 unspecified atom stereocenters. The Labute approximate surface area is 74.2 Å². The fraction of sp³-hybridized carbons (Fsp3) is 1.00. The Bertz CT molecular complexity index is 113. The largest absolute Gasteiger partial charge is 0.390 e. The Balaban J connectivity index is 0.000001000. The number of likely N-dealkylation sites (N-methyl/N-ethyl adjacent to an activating group) is 1. The average Bonchev–Trinajstić information content (AvgIpc) is 2.34. The Morgan fingerprint density at radius 1 is 1.55 bits per heavy atom. The minimum absolute atomic E-state index is 0. The molecule has 0 saturated carbocycles. The van der Waals surface area contributed by atoms with Gasteiger partial charge >= 0.3 is 0 Å². The normalized spacial score (nSPS) is 30.5. The van der Waals surface area contributed by atoms with Gasteiger partial charge in [0, 0.05) is 19.1 Å². The maximum Gasteiger partial charge on any atom is 0.0831 e. The first-order chi connectivity index (χ1) is 4.75. The summed E-state index contributed by atoms with van der Waals surface area (Å²) in [5.74, 6) is 0. The Hall–Kier alpha value is 0.170. The minimum atomic E-state index is -0.176. The first-order valence-electron chi connectivity index (χ1n) is 3.84. The highest BCUT2D eigenvalue weighted by Crippen LogP contribution is 2.05. The smallest absolute Gasteiger partial charge is 0.0831 e. The van der Waals surface area contributed by atoms with E-state index < -0.39 is 0 Å². The van der Waals surface area contributed by atoms with Crippen molar-refractivity contribution in [1.82, 2.24) is 10.2 Å². The molecule has 11 heavy (non-hydrogen) atoms. The molecule has 0 bridgehead atoms. The molecule has 0 amide bonds. The van der Waals surface area contributed by atoms with E-state index in [1.54, 1.807) is 0 Å². The highest BCUT2D eigenvalue weighted by atomic mass is 35.5. The van der Waals surface area contributed by atoms with E-state index in [4.69, 9.17) is 0 Å². The lowest BCUT2D eigenvalue weighted by molar-refractivity contribution is 0.103. The van der Waals surface area contributed by atoms with Crippen molar-refractivity contribution < 1.29 is 5.11 Å². The number of nitrogens with one attached hydrogen (secondary N) is 1. The lowest BCUT2D eigenvalue weighted by Crippen LogP contribution is -2.40. The molecule has 0 radical (unpaired) electrons. The van der Waals surface area contributed by atoms with Crippen molar-refractivity contribution in [3.05, 3.63) is 0 Å². The third-order valence-electron chi connectivity index (χ3n) is 2.22. The van der Waals surface area contributed by atoms with E-state index in [1.807, 2.05) is 7.05 Å². The van der Waals surface area contributed by atoms with Gasteiger partial charge in [-0.05, 0) is 13.6 Å². The quantitative estimate of drug-likeness (QED) is 0.612. The van der Waals surface area contributed by atoms with Crippen LogP contribution in [-0.4, -0.2) is 48.8 Å². The van der Waals surface area contributed by atoms with Crippen LogP contribution in [0.5, 0.6) is 0 Å². The molecule has 1 fully saturated rings. The summed E-state index contributed by atoms with van der Waals surface area (Å²) in [7, 11) is 2.04. The SMILES string of the molecule is CCN(C)[C@@H]1CNC[C@H]1O.Cl. The summed E-state index contributed by atoms with van der Waals surface area (Å²) in [5, 5.41) is 12.5. The minimum Gasteiger partial charge on any atom is -0.390 e. The molecule has 2 N–H and O–H groups in total. The monoisotopic (exact) mass is 180 g/mol. The van der Waals surface area contributed by atoms with E-state index in [2.05, 4.69) is 17.1 Å². The number of halogens is 1. The van der Waals surface area contributed by atoms with Crippen LogP contribution in [0.1, 0.15) is 6.92 Å². The molecule has 0 aromatic carbocycles. The summed E-state index contributed by atoms with van der Waals surface area (Å²) in [6.07, 6.45) is -0.176. The number of hydrogen-bond acceptors (Lipinski definition) is 3. The molecule has 0 spiro atoms. The van der Waals surface area contributed by atoms with Gasteiger partial charge < -0.3 is 10.4 Å². The Kier molecular flexibility index (Phi) is 5.01. The zero-order valence-corrected chi connectivity index (χ0v) is 7.90. The topological polar surface area (TPSA) is 35.5 Å². The summed E-state index contributed by atoms with van der Waals surface area (Å²) in [5.41, 5.74) is 0. The standard InChI is InChI=1S/C7H16N2O.ClH/c1-3-9(2)6-4-8-5-7(6)10;/h6-8,10H,3-5H2,1-2H3;1H/t6-,7-;/m1./s1. The first-order valence-corrected chi connectivity index (χ1v) is 3.84. The lowest BCUT2D eigenvalue weighted by Gasteiger charge is -2.24. The highest BCUT2D eigenvalue weighted by Gasteiger charge is 2.27. The fourth-order valence-corrected chi connectivity index (χ4v) is 1.34. The van der Waals surface area contributed by atoms with Gasteiger partial charge in [0.25, 0.3) is 0 Å². The van der Waals surface area contributed by atoms with Crippen LogP contribution in [-0.2, 0) is 0 Å². The summed E-state index contributed by atoms with van der Waals surface area (Å²) in [4.78, 5) is 2.17. The Morgan fingerprint density at radius 2 is 2.18 bits per heavy atom. The molecule has 68 valence electrons. The summed E-state index contributed by atoms with van der Waals surface area (Å²) in [6, 6.07) is 0.324. The maximum atomic E-state index is 9.39. The molecule has 0 aromatic rings. The van der Waals surface area contributed by atoms with Gasteiger partial charge in [0.2, 0.25) is 0 Å². The van der Waals surface area contributed by atoms with Gasteiger partial charge in [-0.15, -0.1) is 12.4 Å².